The van der Waals surface area contributed by atoms with E-state index in [0.717, 1.165) is 0 Å². The third-order valence-corrected chi connectivity index (χ3v) is 1.56. The Labute approximate surface area is 77.0 Å². The van der Waals surface area contributed by atoms with E-state index in [4.69, 9.17) is 20.1 Å². The molecular weight excluding hydrogens is 176 g/mol. The smallest absolute Gasteiger partial charge is 0.151 e. The van der Waals surface area contributed by atoms with E-state index >= 15 is 0 Å². The molecule has 0 radical (unpaired) electrons. The number of rotatable bonds is 7. The Morgan fingerprint density at radius 3 is 2.46 bits per heavy atom. The lowest BCUT2D eigenvalue weighted by molar-refractivity contribution is -0.137. The second-order valence-corrected chi connectivity index (χ2v) is 2.71. The topological polar surface area (TPSA) is 87.0 Å². The largest absolute Gasteiger partial charge is 0.394 e. The number of aliphatic hydroxyl groups excluding tert-OH is 3. The summed E-state index contributed by atoms with van der Waals surface area (Å²) in [4.78, 5) is 10.2. The summed E-state index contributed by atoms with van der Waals surface area (Å²) < 4.78 is 5.01. The Morgan fingerprint density at radius 2 is 2.08 bits per heavy atom. The first-order chi connectivity index (χ1) is 6.17. The van der Waals surface area contributed by atoms with Crippen molar-refractivity contribution in [2.75, 3.05) is 13.2 Å². The second kappa shape index (κ2) is 6.97. The molecular formula is C8H16O5. The standard InChI is InChI=1S/C8H16O5/c1-2-3-13-8(6(11)4-9)7(12)5-10/h4,6-8,10-12H,2-3,5H2,1H3/t6-,7+,8+/m0/s1. The molecule has 3 N–H and O–H groups in total. The highest BCUT2D eigenvalue weighted by Gasteiger charge is 2.26. The summed E-state index contributed by atoms with van der Waals surface area (Å²) in [5.41, 5.74) is 0. The number of aliphatic hydroxyl groups is 3. The van der Waals surface area contributed by atoms with Crippen molar-refractivity contribution in [2.24, 2.45) is 0 Å². The van der Waals surface area contributed by atoms with Gasteiger partial charge in [0.2, 0.25) is 0 Å². The van der Waals surface area contributed by atoms with Gasteiger partial charge in [0.25, 0.3) is 0 Å². The van der Waals surface area contributed by atoms with Crippen molar-refractivity contribution in [1.29, 1.82) is 0 Å². The Bertz CT molecular complexity index is 138. The highest BCUT2D eigenvalue weighted by molar-refractivity contribution is 5.56. The number of hydrogen-bond donors (Lipinski definition) is 3. The van der Waals surface area contributed by atoms with Crippen LogP contribution in [0, 0.1) is 0 Å². The third kappa shape index (κ3) is 4.33. The highest BCUT2D eigenvalue weighted by Crippen LogP contribution is 2.04. The van der Waals surface area contributed by atoms with Gasteiger partial charge in [0.15, 0.2) is 6.29 Å². The second-order valence-electron chi connectivity index (χ2n) is 2.71. The molecule has 0 aliphatic rings. The average Bonchev–Trinajstić information content (AvgIpc) is 2.17. The summed E-state index contributed by atoms with van der Waals surface area (Å²) in [5, 5.41) is 26.8. The maximum Gasteiger partial charge on any atom is 0.151 e. The molecule has 0 aromatic heterocycles. The molecule has 0 saturated carbocycles. The molecule has 0 aromatic carbocycles. The van der Waals surface area contributed by atoms with Crippen LogP contribution in [-0.4, -0.2) is 53.1 Å². The summed E-state index contributed by atoms with van der Waals surface area (Å²) in [5.74, 6) is 0. The summed E-state index contributed by atoms with van der Waals surface area (Å²) in [6.07, 6.45) is -2.68. The number of ether oxygens (including phenoxy) is 1. The van der Waals surface area contributed by atoms with Crippen molar-refractivity contribution in [3.63, 3.8) is 0 Å². The van der Waals surface area contributed by atoms with E-state index in [9.17, 15) is 4.79 Å². The van der Waals surface area contributed by atoms with Crippen LogP contribution in [0.25, 0.3) is 0 Å². The van der Waals surface area contributed by atoms with Crippen LogP contribution in [0.2, 0.25) is 0 Å². The van der Waals surface area contributed by atoms with Crippen LogP contribution < -0.4 is 0 Å². The molecule has 5 heteroatoms. The van der Waals surface area contributed by atoms with Gasteiger partial charge in [-0.3, -0.25) is 0 Å². The number of carbonyl (C=O) groups excluding carboxylic acids is 1. The van der Waals surface area contributed by atoms with Crippen molar-refractivity contribution in [2.45, 2.75) is 31.7 Å². The third-order valence-electron chi connectivity index (χ3n) is 1.56. The predicted molar refractivity (Wildman–Crippen MR) is 45.2 cm³/mol. The molecule has 0 aliphatic heterocycles. The van der Waals surface area contributed by atoms with Crippen LogP contribution in [0.4, 0.5) is 0 Å². The van der Waals surface area contributed by atoms with Gasteiger partial charge in [-0.2, -0.15) is 0 Å². The van der Waals surface area contributed by atoms with E-state index in [1.54, 1.807) is 0 Å². The molecule has 0 heterocycles. The zero-order valence-corrected chi connectivity index (χ0v) is 7.59. The van der Waals surface area contributed by atoms with Crippen LogP contribution in [0.15, 0.2) is 0 Å². The lowest BCUT2D eigenvalue weighted by atomic mass is 10.1. The van der Waals surface area contributed by atoms with E-state index in [1.807, 2.05) is 6.92 Å². The van der Waals surface area contributed by atoms with E-state index in [1.165, 1.54) is 0 Å². The van der Waals surface area contributed by atoms with Gasteiger partial charge in [-0.1, -0.05) is 6.92 Å². The molecule has 0 rings (SSSR count). The molecule has 0 amide bonds. The minimum absolute atomic E-state index is 0.277. The van der Waals surface area contributed by atoms with Crippen LogP contribution in [0.1, 0.15) is 13.3 Å². The van der Waals surface area contributed by atoms with Crippen molar-refractivity contribution in [3.8, 4) is 0 Å². The summed E-state index contributed by atoms with van der Waals surface area (Å²) in [6, 6.07) is 0. The molecule has 0 saturated heterocycles. The minimum Gasteiger partial charge on any atom is -0.394 e. The van der Waals surface area contributed by atoms with E-state index < -0.39 is 24.9 Å². The van der Waals surface area contributed by atoms with Gasteiger partial charge >= 0.3 is 0 Å². The van der Waals surface area contributed by atoms with E-state index in [-0.39, 0.29) is 6.29 Å². The van der Waals surface area contributed by atoms with Gasteiger partial charge in [-0.05, 0) is 6.42 Å². The van der Waals surface area contributed by atoms with Crippen molar-refractivity contribution >= 4 is 6.29 Å². The molecule has 0 aliphatic carbocycles. The van der Waals surface area contributed by atoms with Gasteiger partial charge < -0.3 is 24.9 Å². The molecule has 0 spiro atoms. The SMILES string of the molecule is CCCO[C@@H]([C@H](O)CO)[C@@H](O)C=O. The summed E-state index contributed by atoms with van der Waals surface area (Å²) in [7, 11) is 0. The first-order valence-electron chi connectivity index (χ1n) is 4.21. The monoisotopic (exact) mass is 192 g/mol. The average molecular weight is 192 g/mol. The fraction of sp³-hybridized carbons (Fsp3) is 0.875. The Hall–Kier alpha value is -0.490. The summed E-state index contributed by atoms with van der Waals surface area (Å²) in [6.45, 7) is 1.64. The molecule has 0 aromatic rings. The normalized spacial score (nSPS) is 17.8. The van der Waals surface area contributed by atoms with Gasteiger partial charge in [0.05, 0.1) is 6.61 Å². The number of aldehydes is 1. The van der Waals surface area contributed by atoms with Gasteiger partial charge in [-0.25, -0.2) is 0 Å². The van der Waals surface area contributed by atoms with Crippen LogP contribution in [-0.2, 0) is 9.53 Å². The quantitative estimate of drug-likeness (QED) is 0.436. The molecule has 0 fully saturated rings. The molecule has 0 bridgehead atoms. The van der Waals surface area contributed by atoms with Crippen molar-refractivity contribution in [3.05, 3.63) is 0 Å². The molecule has 78 valence electrons. The lowest BCUT2D eigenvalue weighted by Crippen LogP contribution is -2.42. The predicted octanol–water partition coefficient (Wildman–Crippen LogP) is -1.31. The van der Waals surface area contributed by atoms with Gasteiger partial charge in [-0.15, -0.1) is 0 Å². The van der Waals surface area contributed by atoms with Crippen molar-refractivity contribution < 1.29 is 24.9 Å². The summed E-state index contributed by atoms with van der Waals surface area (Å²) >= 11 is 0. The molecule has 5 nitrogen and oxygen atoms in total. The lowest BCUT2D eigenvalue weighted by Gasteiger charge is -2.23. The van der Waals surface area contributed by atoms with Crippen LogP contribution in [0.5, 0.6) is 0 Å². The van der Waals surface area contributed by atoms with Crippen LogP contribution in [0.3, 0.4) is 0 Å². The number of carbonyl (C=O) groups is 1. The fourth-order valence-corrected chi connectivity index (χ4v) is 0.873. The zero-order chi connectivity index (χ0) is 10.3. The fourth-order valence-electron chi connectivity index (χ4n) is 0.873. The van der Waals surface area contributed by atoms with E-state index in [0.29, 0.717) is 13.0 Å². The first kappa shape index (κ1) is 12.5. The number of hydrogen-bond acceptors (Lipinski definition) is 5. The molecule has 3 atom stereocenters. The van der Waals surface area contributed by atoms with Crippen LogP contribution >= 0.6 is 0 Å². The van der Waals surface area contributed by atoms with Gasteiger partial charge in [0.1, 0.15) is 18.3 Å². The maximum absolute atomic E-state index is 10.2. The van der Waals surface area contributed by atoms with Crippen molar-refractivity contribution in [1.82, 2.24) is 0 Å². The highest BCUT2D eigenvalue weighted by atomic mass is 16.5. The Balaban J connectivity index is 4.08. The first-order valence-corrected chi connectivity index (χ1v) is 4.21. The Kier molecular flexibility index (Phi) is 6.70. The maximum atomic E-state index is 10.2. The van der Waals surface area contributed by atoms with E-state index in [2.05, 4.69) is 0 Å². The zero-order valence-electron chi connectivity index (χ0n) is 7.59. The Morgan fingerprint density at radius 1 is 1.46 bits per heavy atom. The van der Waals surface area contributed by atoms with Gasteiger partial charge in [0, 0.05) is 6.61 Å². The molecule has 13 heavy (non-hydrogen) atoms. The minimum atomic E-state index is -1.39. The molecule has 0 unspecified atom stereocenters.